The number of nitrogens with one attached hydrogen (secondary N) is 3. The van der Waals surface area contributed by atoms with Crippen molar-refractivity contribution in [3.05, 3.63) is 29.3 Å². The minimum absolute atomic E-state index is 0.233. The van der Waals surface area contributed by atoms with Crippen molar-refractivity contribution in [1.29, 1.82) is 0 Å². The van der Waals surface area contributed by atoms with Gasteiger partial charge in [-0.2, -0.15) is 0 Å². The van der Waals surface area contributed by atoms with Crippen molar-refractivity contribution in [2.75, 3.05) is 38.1 Å². The minimum atomic E-state index is 0.233. The van der Waals surface area contributed by atoms with Crippen LogP contribution in [0.4, 0.5) is 5.69 Å². The Hall–Kier alpha value is -1.17. The Balaban J connectivity index is 1.77. The number of aryl methyl sites for hydroxylation is 2. The quantitative estimate of drug-likeness (QED) is 0.713. The maximum absolute atomic E-state index is 5.86. The average Bonchev–Trinajstić information content (AvgIpc) is 2.43. The molecular weight excluding hydrogens is 306 g/mol. The molecule has 0 bridgehead atoms. The molecule has 1 aromatic rings. The SMILES string of the molecule is Cc1cc(C)cc(NC(=S)NC[C@H]2C[NH+](CC(C)C)CCO2)c1. The summed E-state index contributed by atoms with van der Waals surface area (Å²) in [7, 11) is 0. The maximum Gasteiger partial charge on any atom is 0.170 e. The highest BCUT2D eigenvalue weighted by Gasteiger charge is 2.24. The third-order valence-electron chi connectivity index (χ3n) is 3.99. The van der Waals surface area contributed by atoms with Crippen LogP contribution in [0.2, 0.25) is 0 Å². The lowest BCUT2D eigenvalue weighted by atomic mass is 10.1. The van der Waals surface area contributed by atoms with Crippen LogP contribution in [-0.2, 0) is 4.74 Å². The van der Waals surface area contributed by atoms with E-state index in [0.29, 0.717) is 5.11 Å². The summed E-state index contributed by atoms with van der Waals surface area (Å²) in [4.78, 5) is 1.63. The Labute approximate surface area is 145 Å². The number of hydrogen-bond donors (Lipinski definition) is 3. The van der Waals surface area contributed by atoms with Gasteiger partial charge < -0.3 is 20.3 Å². The first-order chi connectivity index (χ1) is 10.9. The highest BCUT2D eigenvalue weighted by molar-refractivity contribution is 7.80. The first-order valence-corrected chi connectivity index (χ1v) is 8.91. The summed E-state index contributed by atoms with van der Waals surface area (Å²) in [6.07, 6.45) is 0.233. The van der Waals surface area contributed by atoms with E-state index in [0.717, 1.165) is 37.8 Å². The van der Waals surface area contributed by atoms with E-state index >= 15 is 0 Å². The molecule has 0 saturated carbocycles. The molecule has 0 aromatic heterocycles. The van der Waals surface area contributed by atoms with Gasteiger partial charge >= 0.3 is 0 Å². The smallest absolute Gasteiger partial charge is 0.170 e. The molecule has 0 radical (unpaired) electrons. The number of thiocarbonyl (C=S) groups is 1. The van der Waals surface area contributed by atoms with Crippen LogP contribution in [-0.4, -0.2) is 44.0 Å². The van der Waals surface area contributed by atoms with Crippen LogP contribution >= 0.6 is 12.2 Å². The van der Waals surface area contributed by atoms with Crippen molar-refractivity contribution in [2.24, 2.45) is 5.92 Å². The molecule has 1 fully saturated rings. The zero-order valence-electron chi connectivity index (χ0n) is 14.7. The molecule has 0 aliphatic carbocycles. The molecule has 1 aliphatic rings. The van der Waals surface area contributed by atoms with Crippen LogP contribution in [0, 0.1) is 19.8 Å². The first kappa shape index (κ1) is 18.2. The van der Waals surface area contributed by atoms with Gasteiger partial charge in [0.25, 0.3) is 0 Å². The Morgan fingerprint density at radius 1 is 1.30 bits per heavy atom. The van der Waals surface area contributed by atoms with Crippen LogP contribution in [0.3, 0.4) is 0 Å². The van der Waals surface area contributed by atoms with Crippen LogP contribution < -0.4 is 15.5 Å². The van der Waals surface area contributed by atoms with E-state index in [1.165, 1.54) is 17.7 Å². The van der Waals surface area contributed by atoms with Gasteiger partial charge in [0.1, 0.15) is 19.2 Å². The Morgan fingerprint density at radius 2 is 2.00 bits per heavy atom. The van der Waals surface area contributed by atoms with Crippen molar-refractivity contribution in [3.63, 3.8) is 0 Å². The average molecular weight is 337 g/mol. The van der Waals surface area contributed by atoms with Crippen molar-refractivity contribution < 1.29 is 9.64 Å². The summed E-state index contributed by atoms with van der Waals surface area (Å²) in [6.45, 7) is 13.7. The van der Waals surface area contributed by atoms with Gasteiger partial charge in [-0.15, -0.1) is 0 Å². The topological polar surface area (TPSA) is 37.7 Å². The second kappa shape index (κ2) is 8.62. The normalized spacial score (nSPS) is 21.3. The second-order valence-electron chi connectivity index (χ2n) is 7.01. The number of hydrogen-bond acceptors (Lipinski definition) is 2. The minimum Gasteiger partial charge on any atom is -0.365 e. The molecule has 0 amide bonds. The van der Waals surface area contributed by atoms with Gasteiger partial charge in [0.05, 0.1) is 13.2 Å². The van der Waals surface area contributed by atoms with Crippen LogP contribution in [0.1, 0.15) is 25.0 Å². The van der Waals surface area contributed by atoms with Crippen LogP contribution in [0.15, 0.2) is 18.2 Å². The second-order valence-corrected chi connectivity index (χ2v) is 7.41. The van der Waals surface area contributed by atoms with Crippen molar-refractivity contribution >= 4 is 23.0 Å². The summed E-state index contributed by atoms with van der Waals surface area (Å²) in [5.74, 6) is 0.726. The summed E-state index contributed by atoms with van der Waals surface area (Å²) < 4.78 is 5.86. The maximum atomic E-state index is 5.86. The van der Waals surface area contributed by atoms with Crippen molar-refractivity contribution in [2.45, 2.75) is 33.8 Å². The molecule has 2 atom stereocenters. The zero-order valence-corrected chi connectivity index (χ0v) is 15.6. The van der Waals surface area contributed by atoms with Gasteiger partial charge in [0, 0.05) is 18.2 Å². The van der Waals surface area contributed by atoms with Gasteiger partial charge in [-0.1, -0.05) is 19.9 Å². The van der Waals surface area contributed by atoms with Gasteiger partial charge in [0.2, 0.25) is 0 Å². The molecule has 1 aromatic carbocycles. The van der Waals surface area contributed by atoms with Gasteiger partial charge in [-0.3, -0.25) is 0 Å². The van der Waals surface area contributed by atoms with E-state index in [1.54, 1.807) is 4.90 Å². The molecule has 2 rings (SSSR count). The van der Waals surface area contributed by atoms with Crippen molar-refractivity contribution in [1.82, 2.24) is 5.32 Å². The molecule has 5 heteroatoms. The number of morpholine rings is 1. The number of benzene rings is 1. The fraction of sp³-hybridized carbons (Fsp3) is 0.611. The number of anilines is 1. The lowest BCUT2D eigenvalue weighted by Crippen LogP contribution is -3.15. The predicted molar refractivity (Wildman–Crippen MR) is 100 cm³/mol. The molecular formula is C18H30N3OS+. The molecule has 1 unspecified atom stereocenters. The molecule has 23 heavy (non-hydrogen) atoms. The van der Waals surface area contributed by atoms with E-state index in [4.69, 9.17) is 17.0 Å². The summed E-state index contributed by atoms with van der Waals surface area (Å²) in [5.41, 5.74) is 3.51. The highest BCUT2D eigenvalue weighted by atomic mass is 32.1. The molecule has 0 spiro atoms. The molecule has 1 heterocycles. The summed E-state index contributed by atoms with van der Waals surface area (Å²) in [6, 6.07) is 6.36. The molecule has 128 valence electrons. The van der Waals surface area contributed by atoms with Gasteiger partial charge in [0.15, 0.2) is 5.11 Å². The summed E-state index contributed by atoms with van der Waals surface area (Å²) in [5, 5.41) is 7.22. The molecule has 1 aliphatic heterocycles. The third-order valence-corrected chi connectivity index (χ3v) is 4.24. The van der Waals surface area contributed by atoms with E-state index in [9.17, 15) is 0 Å². The fourth-order valence-electron chi connectivity index (χ4n) is 3.18. The van der Waals surface area contributed by atoms with Gasteiger partial charge in [-0.05, 0) is 49.3 Å². The molecule has 1 saturated heterocycles. The number of ether oxygens (including phenoxy) is 1. The Kier molecular flexibility index (Phi) is 6.81. The van der Waals surface area contributed by atoms with Crippen LogP contribution in [0.5, 0.6) is 0 Å². The fourth-order valence-corrected chi connectivity index (χ4v) is 3.38. The molecule has 3 N–H and O–H groups in total. The standard InChI is InChI=1S/C18H29N3OS/c1-13(2)11-21-5-6-22-17(12-21)10-19-18(23)20-16-8-14(3)7-15(4)9-16/h7-9,13,17H,5-6,10-12H2,1-4H3,(H2,19,20,23)/p+1/t17-/m0/s1. The van der Waals surface area contributed by atoms with Gasteiger partial charge in [-0.25, -0.2) is 0 Å². The lowest BCUT2D eigenvalue weighted by molar-refractivity contribution is -0.914. The summed E-state index contributed by atoms with van der Waals surface area (Å²) >= 11 is 5.41. The number of rotatable bonds is 5. The first-order valence-electron chi connectivity index (χ1n) is 8.50. The molecule has 4 nitrogen and oxygen atoms in total. The largest absolute Gasteiger partial charge is 0.365 e. The number of quaternary nitrogens is 1. The van der Waals surface area contributed by atoms with E-state index in [-0.39, 0.29) is 6.10 Å². The highest BCUT2D eigenvalue weighted by Crippen LogP contribution is 2.13. The monoisotopic (exact) mass is 336 g/mol. The Morgan fingerprint density at radius 3 is 2.65 bits per heavy atom. The lowest BCUT2D eigenvalue weighted by Gasteiger charge is -2.31. The third kappa shape index (κ3) is 6.45. The van der Waals surface area contributed by atoms with Crippen molar-refractivity contribution in [3.8, 4) is 0 Å². The van der Waals surface area contributed by atoms with E-state index in [1.807, 2.05) is 0 Å². The predicted octanol–water partition coefficient (Wildman–Crippen LogP) is 1.53. The van der Waals surface area contributed by atoms with E-state index in [2.05, 4.69) is 56.5 Å². The van der Waals surface area contributed by atoms with E-state index < -0.39 is 0 Å². The Bertz CT molecular complexity index is 513. The van der Waals surface area contributed by atoms with Crippen LogP contribution in [0.25, 0.3) is 0 Å². The zero-order chi connectivity index (χ0) is 16.8.